The fraction of sp³-hybridized carbons (Fsp3) is 0.882. The van der Waals surface area contributed by atoms with Gasteiger partial charge < -0.3 is 14.8 Å². The van der Waals surface area contributed by atoms with Gasteiger partial charge in [-0.3, -0.25) is 4.79 Å². The van der Waals surface area contributed by atoms with Crippen LogP contribution in [0.15, 0.2) is 11.6 Å². The van der Waals surface area contributed by atoms with Crippen LogP contribution in [0.25, 0.3) is 0 Å². The van der Waals surface area contributed by atoms with Crippen LogP contribution in [-0.4, -0.2) is 30.3 Å². The first kappa shape index (κ1) is 30.4. The van der Waals surface area contributed by atoms with Crippen LogP contribution in [0.1, 0.15) is 126 Å². The fourth-order valence-electron chi connectivity index (χ4n) is 9.44. The van der Waals surface area contributed by atoms with Gasteiger partial charge in [0.25, 0.3) is 0 Å². The van der Waals surface area contributed by atoms with Gasteiger partial charge in [0, 0.05) is 6.42 Å². The van der Waals surface area contributed by atoms with Crippen molar-refractivity contribution < 1.29 is 19.1 Å². The molecule has 0 saturated heterocycles. The molecule has 4 aliphatic rings. The number of hydrogen-bond donors (Lipinski definition) is 1. The Kier molecular flexibility index (Phi) is 9.18. The summed E-state index contributed by atoms with van der Waals surface area (Å²) >= 11 is 0. The van der Waals surface area contributed by atoms with Crippen molar-refractivity contribution >= 4 is 12.1 Å². The highest BCUT2D eigenvalue weighted by Crippen LogP contribution is 2.67. The molecular formula is C34H57NO4. The van der Waals surface area contributed by atoms with Crippen LogP contribution < -0.4 is 5.32 Å². The molecule has 0 aromatic rings. The molecule has 222 valence electrons. The van der Waals surface area contributed by atoms with E-state index in [0.717, 1.165) is 54.8 Å². The van der Waals surface area contributed by atoms with Crippen molar-refractivity contribution in [2.75, 3.05) is 6.54 Å². The summed E-state index contributed by atoms with van der Waals surface area (Å²) in [4.78, 5) is 24.4. The van der Waals surface area contributed by atoms with Crippen molar-refractivity contribution in [3.63, 3.8) is 0 Å². The van der Waals surface area contributed by atoms with Crippen LogP contribution in [0.4, 0.5) is 4.79 Å². The van der Waals surface area contributed by atoms with Crippen LogP contribution in [0.5, 0.6) is 0 Å². The summed E-state index contributed by atoms with van der Waals surface area (Å²) in [6, 6.07) is 0. The molecule has 0 aromatic heterocycles. The number of amides is 1. The van der Waals surface area contributed by atoms with Gasteiger partial charge in [0.05, 0.1) is 0 Å². The second kappa shape index (κ2) is 11.8. The molecule has 5 nitrogen and oxygen atoms in total. The summed E-state index contributed by atoms with van der Waals surface area (Å²) in [5, 5.41) is 2.53. The van der Waals surface area contributed by atoms with E-state index in [1.54, 1.807) is 20.8 Å². The molecule has 8 unspecified atom stereocenters. The summed E-state index contributed by atoms with van der Waals surface area (Å²) < 4.78 is 11.1. The average Bonchev–Trinajstić information content (AvgIpc) is 3.19. The normalized spacial score (nSPS) is 36.7. The highest BCUT2D eigenvalue weighted by Gasteiger charge is 2.59. The first-order valence-electron chi connectivity index (χ1n) is 16.1. The van der Waals surface area contributed by atoms with E-state index in [0.29, 0.717) is 5.41 Å². The van der Waals surface area contributed by atoms with Gasteiger partial charge in [-0.15, -0.1) is 0 Å². The zero-order valence-electron chi connectivity index (χ0n) is 26.2. The van der Waals surface area contributed by atoms with Crippen molar-refractivity contribution in [3.05, 3.63) is 11.6 Å². The van der Waals surface area contributed by atoms with Gasteiger partial charge in [-0.2, -0.15) is 0 Å². The van der Waals surface area contributed by atoms with Gasteiger partial charge in [0.15, 0.2) is 0 Å². The molecule has 1 amide bonds. The van der Waals surface area contributed by atoms with Crippen LogP contribution in [0.2, 0.25) is 0 Å². The number of ether oxygens (including phenoxy) is 2. The monoisotopic (exact) mass is 543 g/mol. The number of esters is 1. The number of rotatable bonds is 8. The lowest BCUT2D eigenvalue weighted by molar-refractivity contribution is -0.150. The molecule has 3 saturated carbocycles. The first-order chi connectivity index (χ1) is 18.2. The number of alkyl carbamates (subject to hydrolysis) is 1. The van der Waals surface area contributed by atoms with Gasteiger partial charge in [0.1, 0.15) is 18.2 Å². The molecule has 0 bridgehead atoms. The van der Waals surface area contributed by atoms with Crippen molar-refractivity contribution in [2.45, 2.75) is 138 Å². The van der Waals surface area contributed by atoms with E-state index >= 15 is 0 Å². The predicted molar refractivity (Wildman–Crippen MR) is 157 cm³/mol. The van der Waals surface area contributed by atoms with Crippen LogP contribution in [0, 0.1) is 46.3 Å². The number of nitrogens with one attached hydrogen (secondary N) is 1. The topological polar surface area (TPSA) is 64.6 Å². The Morgan fingerprint density at radius 3 is 2.46 bits per heavy atom. The maximum Gasteiger partial charge on any atom is 0.408 e. The molecule has 4 aliphatic carbocycles. The van der Waals surface area contributed by atoms with E-state index in [2.05, 4.69) is 46.0 Å². The Hall–Kier alpha value is -1.52. The van der Waals surface area contributed by atoms with Gasteiger partial charge in [-0.25, -0.2) is 4.79 Å². The van der Waals surface area contributed by atoms with Gasteiger partial charge in [0.2, 0.25) is 0 Å². The molecule has 1 N–H and O–H groups in total. The van der Waals surface area contributed by atoms with Crippen LogP contribution >= 0.6 is 0 Å². The molecule has 0 aliphatic heterocycles. The Balaban J connectivity index is 1.34. The number of carbonyl (C=O) groups is 2. The second-order valence-electron chi connectivity index (χ2n) is 15.5. The van der Waals surface area contributed by atoms with E-state index in [9.17, 15) is 9.59 Å². The number of fused-ring (bicyclic) bond motifs is 5. The minimum Gasteiger partial charge on any atom is -0.461 e. The zero-order chi connectivity index (χ0) is 28.6. The third-order valence-electron chi connectivity index (χ3n) is 11.3. The van der Waals surface area contributed by atoms with E-state index in [4.69, 9.17) is 9.47 Å². The molecule has 39 heavy (non-hydrogen) atoms. The maximum absolute atomic E-state index is 12.5. The SMILES string of the molecule is CC(C)CCCC(C)C1CCC2C3CC=C4CC(OC(=O)CNC(=O)OC(C)(C)C)CCC4(C)C3CCC12C. The van der Waals surface area contributed by atoms with Crippen molar-refractivity contribution in [1.29, 1.82) is 0 Å². The maximum atomic E-state index is 12.5. The van der Waals surface area contributed by atoms with Gasteiger partial charge >= 0.3 is 12.1 Å². The molecule has 0 heterocycles. The number of hydrogen-bond acceptors (Lipinski definition) is 4. The molecule has 0 radical (unpaired) electrons. The Morgan fingerprint density at radius 1 is 1.03 bits per heavy atom. The second-order valence-corrected chi connectivity index (χ2v) is 15.5. The Morgan fingerprint density at radius 2 is 1.77 bits per heavy atom. The summed E-state index contributed by atoms with van der Waals surface area (Å²) in [5.41, 5.74) is 1.68. The van der Waals surface area contributed by atoms with E-state index in [1.165, 1.54) is 56.9 Å². The quantitative estimate of drug-likeness (QED) is 0.246. The summed E-state index contributed by atoms with van der Waals surface area (Å²) in [6.45, 7) is 17.7. The highest BCUT2D eigenvalue weighted by atomic mass is 16.6. The lowest BCUT2D eigenvalue weighted by Crippen LogP contribution is -2.51. The standard InChI is InChI=1S/C34H57NO4/c1-22(2)10-9-11-23(3)27-14-15-28-26-13-12-24-20-25(38-30(36)21-35-31(37)39-32(4,5)6)16-18-33(24,7)29(26)17-19-34(27,28)8/h12,22-23,25-29H,9-11,13-21H2,1-8H3,(H,35,37). The van der Waals surface area contributed by atoms with E-state index in [1.807, 2.05) is 0 Å². The molecule has 0 spiro atoms. The lowest BCUT2D eigenvalue weighted by Gasteiger charge is -2.58. The van der Waals surface area contributed by atoms with E-state index < -0.39 is 11.7 Å². The molecule has 4 rings (SSSR count). The molecule has 5 heteroatoms. The molecule has 0 aromatic carbocycles. The van der Waals surface area contributed by atoms with Gasteiger partial charge in [-0.05, 0) is 112 Å². The Bertz CT molecular complexity index is 919. The first-order valence-corrected chi connectivity index (χ1v) is 16.1. The minimum atomic E-state index is -0.588. The smallest absolute Gasteiger partial charge is 0.408 e. The van der Waals surface area contributed by atoms with Crippen molar-refractivity contribution in [1.82, 2.24) is 5.32 Å². The largest absolute Gasteiger partial charge is 0.461 e. The number of allylic oxidation sites excluding steroid dienone is 1. The number of carbonyl (C=O) groups excluding carboxylic acids is 2. The molecule has 3 fully saturated rings. The van der Waals surface area contributed by atoms with E-state index in [-0.39, 0.29) is 24.0 Å². The van der Waals surface area contributed by atoms with Crippen LogP contribution in [-0.2, 0) is 14.3 Å². The molecule has 8 atom stereocenters. The summed E-state index contributed by atoms with van der Waals surface area (Å²) in [6.07, 6.45) is 15.6. The van der Waals surface area contributed by atoms with Gasteiger partial charge in [-0.1, -0.05) is 65.5 Å². The third-order valence-corrected chi connectivity index (χ3v) is 11.3. The van der Waals surface area contributed by atoms with Crippen molar-refractivity contribution in [3.8, 4) is 0 Å². The fourth-order valence-corrected chi connectivity index (χ4v) is 9.44. The lowest BCUT2D eigenvalue weighted by atomic mass is 9.47. The zero-order valence-corrected chi connectivity index (χ0v) is 26.2. The Labute approximate surface area is 238 Å². The highest BCUT2D eigenvalue weighted by molar-refractivity contribution is 5.78. The summed E-state index contributed by atoms with van der Waals surface area (Å²) in [7, 11) is 0. The van der Waals surface area contributed by atoms with Crippen LogP contribution in [0.3, 0.4) is 0 Å². The third kappa shape index (κ3) is 6.70. The predicted octanol–water partition coefficient (Wildman–Crippen LogP) is 8.46. The minimum absolute atomic E-state index is 0.0924. The average molecular weight is 544 g/mol. The molecular weight excluding hydrogens is 486 g/mol. The summed E-state index contributed by atoms with van der Waals surface area (Å²) in [5.74, 6) is 4.60. The van der Waals surface area contributed by atoms with Crippen molar-refractivity contribution in [2.24, 2.45) is 46.3 Å².